The van der Waals surface area contributed by atoms with Gasteiger partial charge in [0.1, 0.15) is 0 Å². The van der Waals surface area contributed by atoms with Crippen molar-refractivity contribution in [2.24, 2.45) is 5.92 Å². The number of nitrogens with zero attached hydrogens (tertiary/aromatic N) is 2. The summed E-state index contributed by atoms with van der Waals surface area (Å²) in [5.41, 5.74) is 9.61. The minimum atomic E-state index is -1.49. The Hall–Kier alpha value is -2.96. The summed E-state index contributed by atoms with van der Waals surface area (Å²) in [4.78, 5) is 9.44. The Kier molecular flexibility index (Phi) is 13.2. The largest absolute Gasteiger partial charge is 0.305 e. The molecule has 2 heterocycles. The van der Waals surface area contributed by atoms with Gasteiger partial charge in [0.25, 0.3) is 0 Å². The fourth-order valence-corrected chi connectivity index (χ4v) is 8.59. The molecule has 2 nitrogen and oxygen atoms in total. The fraction of sp³-hybridized carbons (Fsp3) is 0.317. The summed E-state index contributed by atoms with van der Waals surface area (Å²) >= 11 is 0. The van der Waals surface area contributed by atoms with Gasteiger partial charge < -0.3 is 9.97 Å². The molecule has 5 heteroatoms. The molecule has 5 aromatic rings. The third-order valence-corrected chi connectivity index (χ3v) is 12.1. The molecule has 0 N–H and O–H groups in total. The van der Waals surface area contributed by atoms with Crippen molar-refractivity contribution in [1.29, 1.82) is 0 Å². The number of rotatable bonds is 8. The van der Waals surface area contributed by atoms with E-state index >= 15 is 0 Å². The molecule has 0 bridgehead atoms. The number of hydrogen-bond acceptors (Lipinski definition) is 2. The molecule has 2 aromatic heterocycles. The molecule has 0 amide bonds. The number of pyridine rings is 2. The smallest absolute Gasteiger partial charge is 0.0803 e. The summed E-state index contributed by atoms with van der Waals surface area (Å²) in [6.07, 6.45) is 5.33. The Balaban J connectivity index is 0.000000251. The number of aromatic nitrogens is 2. The van der Waals surface area contributed by atoms with Gasteiger partial charge in [-0.05, 0) is 56.7 Å². The van der Waals surface area contributed by atoms with E-state index in [1.807, 2.05) is 36.4 Å². The monoisotopic (exact) mass is 819 g/mol. The van der Waals surface area contributed by atoms with Gasteiger partial charge in [-0.2, -0.15) is 0 Å². The van der Waals surface area contributed by atoms with Gasteiger partial charge in [0.2, 0.25) is 0 Å². The summed E-state index contributed by atoms with van der Waals surface area (Å²) < 4.78 is 0. The molecule has 0 saturated heterocycles. The molecule has 46 heavy (non-hydrogen) atoms. The summed E-state index contributed by atoms with van der Waals surface area (Å²) in [6.45, 7) is 23.3. The maximum Gasteiger partial charge on any atom is 0.0803 e. The summed E-state index contributed by atoms with van der Waals surface area (Å²) in [5.74, 6) is 1.22. The SMILES string of the molecule is CC(C)Cc1cc(-c2[c-]cccc2)ncc1[Si](C)(C)C.CC(C)c1ccc(-c2cc(-c3[c-]cccc3)ncc2[Si](C)(C)C)cc1.[Ir]. The van der Waals surface area contributed by atoms with Crippen LogP contribution in [0, 0.1) is 18.1 Å². The van der Waals surface area contributed by atoms with Gasteiger partial charge in [-0.25, -0.2) is 0 Å². The third-order valence-electron chi connectivity index (χ3n) is 8.00. The van der Waals surface area contributed by atoms with Crippen LogP contribution < -0.4 is 10.4 Å². The van der Waals surface area contributed by atoms with Crippen molar-refractivity contribution in [3.63, 3.8) is 0 Å². The van der Waals surface area contributed by atoms with E-state index in [9.17, 15) is 0 Å². The van der Waals surface area contributed by atoms with Crippen LogP contribution in [-0.4, -0.2) is 26.1 Å². The quantitative estimate of drug-likeness (QED) is 0.115. The summed E-state index contributed by atoms with van der Waals surface area (Å²) in [7, 11) is -2.83. The molecule has 0 fully saturated rings. The van der Waals surface area contributed by atoms with Crippen LogP contribution in [-0.2, 0) is 26.5 Å². The second-order valence-electron chi connectivity index (χ2n) is 14.8. The van der Waals surface area contributed by atoms with Crippen molar-refractivity contribution in [1.82, 2.24) is 9.97 Å². The maximum absolute atomic E-state index is 4.75. The predicted octanol–water partition coefficient (Wildman–Crippen LogP) is 10.2. The van der Waals surface area contributed by atoms with Gasteiger partial charge in [0.15, 0.2) is 0 Å². The Morgan fingerprint density at radius 3 is 1.57 bits per heavy atom. The van der Waals surface area contributed by atoms with E-state index in [-0.39, 0.29) is 20.1 Å². The molecule has 0 aliphatic carbocycles. The topological polar surface area (TPSA) is 25.8 Å². The van der Waals surface area contributed by atoms with Crippen molar-refractivity contribution in [3.05, 3.63) is 121 Å². The second kappa shape index (κ2) is 16.2. The van der Waals surface area contributed by atoms with Crippen molar-refractivity contribution < 1.29 is 20.1 Å². The van der Waals surface area contributed by atoms with E-state index in [1.54, 1.807) is 0 Å². The Morgan fingerprint density at radius 2 is 1.13 bits per heavy atom. The van der Waals surface area contributed by atoms with Gasteiger partial charge in [-0.3, -0.25) is 0 Å². The molecule has 243 valence electrons. The molecule has 5 rings (SSSR count). The van der Waals surface area contributed by atoms with Crippen LogP contribution >= 0.6 is 0 Å². The molecule has 0 atom stereocenters. The first kappa shape index (κ1) is 37.5. The van der Waals surface area contributed by atoms with Crippen molar-refractivity contribution >= 4 is 26.5 Å². The van der Waals surface area contributed by atoms with Crippen LogP contribution in [0.1, 0.15) is 44.7 Å². The minimum absolute atomic E-state index is 0. The Morgan fingerprint density at radius 1 is 0.630 bits per heavy atom. The standard InChI is InChI=1S/C23H26NSi.C18H24NSi.Ir/c1-17(2)18-11-13-19(14-12-18)21-15-22(20-9-7-6-8-10-20)24-16-23(21)25(3,4)5;1-14(2)11-16-12-17(15-9-7-6-8-10-15)19-13-18(16)20(3,4)5;/h6-9,11-17H,1-5H3;6-9,12-14H,11H2,1-5H3;/q2*-1;. The number of hydrogen-bond donors (Lipinski definition) is 0. The fourth-order valence-electron chi connectivity index (χ4n) is 5.52. The van der Waals surface area contributed by atoms with E-state index in [0.717, 1.165) is 28.9 Å². The van der Waals surface area contributed by atoms with Gasteiger partial charge in [-0.1, -0.05) is 109 Å². The van der Waals surface area contributed by atoms with Gasteiger partial charge in [0, 0.05) is 32.5 Å². The predicted molar refractivity (Wildman–Crippen MR) is 201 cm³/mol. The first-order valence-corrected chi connectivity index (χ1v) is 23.3. The van der Waals surface area contributed by atoms with Crippen LogP contribution in [0.5, 0.6) is 0 Å². The van der Waals surface area contributed by atoms with Crippen LogP contribution in [0.2, 0.25) is 39.3 Å². The maximum atomic E-state index is 4.75. The zero-order valence-electron chi connectivity index (χ0n) is 29.3. The van der Waals surface area contributed by atoms with Gasteiger partial charge >= 0.3 is 0 Å². The zero-order valence-corrected chi connectivity index (χ0v) is 33.7. The normalized spacial score (nSPS) is 11.6. The van der Waals surface area contributed by atoms with E-state index < -0.39 is 16.1 Å². The second-order valence-corrected chi connectivity index (χ2v) is 24.8. The zero-order chi connectivity index (χ0) is 32.8. The van der Waals surface area contributed by atoms with Crippen molar-refractivity contribution in [2.75, 3.05) is 0 Å². The third kappa shape index (κ3) is 10.0. The molecule has 0 aliphatic heterocycles. The molecule has 0 aliphatic rings. The molecule has 1 radical (unpaired) electrons. The molecular weight excluding hydrogens is 769 g/mol. The summed E-state index contributed by atoms with van der Waals surface area (Å²) in [6, 6.07) is 36.2. The first-order chi connectivity index (χ1) is 21.2. The molecule has 0 saturated carbocycles. The molecule has 3 aromatic carbocycles. The van der Waals surface area contributed by atoms with E-state index in [0.29, 0.717) is 11.8 Å². The van der Waals surface area contributed by atoms with Gasteiger partial charge in [0.05, 0.1) is 16.1 Å². The summed E-state index contributed by atoms with van der Waals surface area (Å²) in [5, 5.41) is 2.90. The first-order valence-electron chi connectivity index (χ1n) is 16.3. The number of benzene rings is 3. The van der Waals surface area contributed by atoms with Crippen LogP contribution in [0.15, 0.2) is 97.3 Å². The molecular formula is C41H50IrN2Si2-2. The van der Waals surface area contributed by atoms with E-state index in [2.05, 4.69) is 145 Å². The van der Waals surface area contributed by atoms with Crippen molar-refractivity contribution in [3.8, 4) is 33.6 Å². The molecule has 0 unspecified atom stereocenters. The molecule has 0 spiro atoms. The van der Waals surface area contributed by atoms with E-state index in [1.165, 1.54) is 32.6 Å². The van der Waals surface area contributed by atoms with Gasteiger partial charge in [-0.15, -0.1) is 71.8 Å². The average molecular weight is 819 g/mol. The van der Waals surface area contributed by atoms with Crippen molar-refractivity contribution in [2.45, 2.75) is 79.3 Å². The van der Waals surface area contributed by atoms with Crippen LogP contribution in [0.25, 0.3) is 33.6 Å². The minimum Gasteiger partial charge on any atom is -0.305 e. The van der Waals surface area contributed by atoms with Crippen LogP contribution in [0.4, 0.5) is 0 Å². The van der Waals surface area contributed by atoms with E-state index in [4.69, 9.17) is 4.98 Å². The average Bonchev–Trinajstić information content (AvgIpc) is 3.01. The Labute approximate surface area is 294 Å². The van der Waals surface area contributed by atoms with Crippen LogP contribution in [0.3, 0.4) is 0 Å². The Bertz CT molecular complexity index is 1670.